The lowest BCUT2D eigenvalue weighted by atomic mass is 9.99. The van der Waals surface area contributed by atoms with Crippen LogP contribution in [-0.2, 0) is 0 Å². The third-order valence-electron chi connectivity index (χ3n) is 5.94. The minimum atomic E-state index is -0.453. The third-order valence-corrected chi connectivity index (χ3v) is 5.94. The maximum absolute atomic E-state index is 14.5. The number of hydrogen-bond acceptors (Lipinski definition) is 6. The number of fused-ring (bicyclic) bond motifs is 1. The number of aromatic nitrogens is 3. The van der Waals surface area contributed by atoms with Crippen molar-refractivity contribution >= 4 is 16.7 Å². The number of nitrogens with one attached hydrogen (secondary N) is 1. The lowest BCUT2D eigenvalue weighted by molar-refractivity contribution is 0.605. The Morgan fingerprint density at radius 2 is 1.71 bits per heavy atom. The van der Waals surface area contributed by atoms with Crippen LogP contribution in [0.1, 0.15) is 29.7 Å². The SMILES string of the molecule is Cc1cc([C@@H](C)Nc2cccnc2-c2ncccc2F)c2oc(-c3cccnc3)c(C)c(=O)c2c1. The molecule has 6 nitrogen and oxygen atoms in total. The molecule has 1 N–H and O–H groups in total. The van der Waals surface area contributed by atoms with E-state index in [0.29, 0.717) is 33.7 Å². The molecule has 35 heavy (non-hydrogen) atoms. The van der Waals surface area contributed by atoms with Crippen LogP contribution in [-0.4, -0.2) is 15.0 Å². The molecule has 4 aromatic heterocycles. The summed E-state index contributed by atoms with van der Waals surface area (Å²) >= 11 is 0. The summed E-state index contributed by atoms with van der Waals surface area (Å²) in [5.41, 5.74) is 4.61. The topological polar surface area (TPSA) is 80.9 Å². The van der Waals surface area contributed by atoms with Gasteiger partial charge in [0.05, 0.1) is 17.1 Å². The fraction of sp³-hybridized carbons (Fsp3) is 0.143. The molecule has 0 radical (unpaired) electrons. The largest absolute Gasteiger partial charge is 0.455 e. The molecule has 0 bridgehead atoms. The Morgan fingerprint density at radius 3 is 2.46 bits per heavy atom. The van der Waals surface area contributed by atoms with Gasteiger partial charge in [-0.15, -0.1) is 0 Å². The summed E-state index contributed by atoms with van der Waals surface area (Å²) in [6.07, 6.45) is 6.49. The highest BCUT2D eigenvalue weighted by atomic mass is 19.1. The van der Waals surface area contributed by atoms with Crippen molar-refractivity contribution in [2.24, 2.45) is 0 Å². The van der Waals surface area contributed by atoms with Gasteiger partial charge in [0.2, 0.25) is 0 Å². The predicted molar refractivity (Wildman–Crippen MR) is 135 cm³/mol. The van der Waals surface area contributed by atoms with Crippen molar-refractivity contribution in [3.63, 3.8) is 0 Å². The number of hydrogen-bond donors (Lipinski definition) is 1. The molecule has 1 atom stereocenters. The second-order valence-corrected chi connectivity index (χ2v) is 8.46. The van der Waals surface area contributed by atoms with Gasteiger partial charge in [0.1, 0.15) is 22.7 Å². The first kappa shape index (κ1) is 22.4. The zero-order valence-corrected chi connectivity index (χ0v) is 19.5. The number of aryl methyl sites for hydroxylation is 1. The van der Waals surface area contributed by atoms with Crippen LogP contribution < -0.4 is 10.7 Å². The van der Waals surface area contributed by atoms with Crippen molar-refractivity contribution in [1.82, 2.24) is 15.0 Å². The first-order chi connectivity index (χ1) is 16.9. The number of anilines is 1. The molecule has 1 aromatic carbocycles. The molecule has 0 amide bonds. The monoisotopic (exact) mass is 466 g/mol. The summed E-state index contributed by atoms with van der Waals surface area (Å²) in [6, 6.07) is 13.7. The molecule has 4 heterocycles. The summed E-state index contributed by atoms with van der Waals surface area (Å²) in [7, 11) is 0. The van der Waals surface area contributed by atoms with Gasteiger partial charge in [-0.2, -0.15) is 0 Å². The second kappa shape index (κ2) is 9.10. The number of rotatable bonds is 5. The summed E-state index contributed by atoms with van der Waals surface area (Å²) < 4.78 is 20.9. The first-order valence-electron chi connectivity index (χ1n) is 11.2. The Hall–Kier alpha value is -4.39. The molecule has 5 rings (SSSR count). The van der Waals surface area contributed by atoms with E-state index in [1.165, 1.54) is 12.3 Å². The van der Waals surface area contributed by atoms with E-state index in [0.717, 1.165) is 16.7 Å². The van der Waals surface area contributed by atoms with Crippen LogP contribution in [0.25, 0.3) is 33.7 Å². The van der Waals surface area contributed by atoms with Crippen LogP contribution in [0.3, 0.4) is 0 Å². The lowest BCUT2D eigenvalue weighted by Gasteiger charge is -2.20. The molecular formula is C28H23FN4O2. The number of halogens is 1. The average Bonchev–Trinajstić information content (AvgIpc) is 2.87. The molecule has 0 spiro atoms. The Balaban J connectivity index is 1.64. The maximum Gasteiger partial charge on any atom is 0.196 e. The van der Waals surface area contributed by atoms with Gasteiger partial charge >= 0.3 is 0 Å². The lowest BCUT2D eigenvalue weighted by Crippen LogP contribution is -2.13. The highest BCUT2D eigenvalue weighted by molar-refractivity contribution is 5.85. The van der Waals surface area contributed by atoms with Crippen molar-refractivity contribution in [1.29, 1.82) is 0 Å². The maximum atomic E-state index is 14.5. The Bertz CT molecular complexity index is 1600. The number of benzene rings is 1. The predicted octanol–water partition coefficient (Wildman–Crippen LogP) is 6.24. The van der Waals surface area contributed by atoms with E-state index in [4.69, 9.17) is 4.42 Å². The highest BCUT2D eigenvalue weighted by Gasteiger charge is 2.20. The fourth-order valence-electron chi connectivity index (χ4n) is 4.24. The molecule has 0 unspecified atom stereocenters. The van der Waals surface area contributed by atoms with Crippen LogP contribution in [0, 0.1) is 19.7 Å². The number of nitrogens with zero attached hydrogens (tertiary/aromatic N) is 3. The molecule has 0 saturated heterocycles. The van der Waals surface area contributed by atoms with E-state index in [9.17, 15) is 9.18 Å². The molecule has 0 aliphatic heterocycles. The van der Waals surface area contributed by atoms with Gasteiger partial charge in [-0.1, -0.05) is 6.07 Å². The molecule has 0 aliphatic rings. The Labute approximate surface area is 201 Å². The minimum absolute atomic E-state index is 0.0834. The summed E-state index contributed by atoms with van der Waals surface area (Å²) in [5.74, 6) is 0.0380. The molecule has 0 aliphatic carbocycles. The molecule has 0 saturated carbocycles. The normalized spacial score (nSPS) is 12.0. The molecule has 7 heteroatoms. The quantitative estimate of drug-likeness (QED) is 0.330. The van der Waals surface area contributed by atoms with Crippen LogP contribution in [0.15, 0.2) is 82.5 Å². The van der Waals surface area contributed by atoms with Crippen LogP contribution in [0.4, 0.5) is 10.1 Å². The van der Waals surface area contributed by atoms with E-state index in [1.54, 1.807) is 43.7 Å². The Kier molecular flexibility index (Phi) is 5.82. The molecule has 0 fully saturated rings. The number of pyridine rings is 3. The van der Waals surface area contributed by atoms with Gasteiger partial charge in [-0.3, -0.25) is 19.7 Å². The van der Waals surface area contributed by atoms with Gasteiger partial charge < -0.3 is 9.73 Å². The third kappa shape index (κ3) is 4.17. The summed E-state index contributed by atoms with van der Waals surface area (Å²) in [4.78, 5) is 26.0. The van der Waals surface area contributed by atoms with E-state index in [-0.39, 0.29) is 17.2 Å². The minimum Gasteiger partial charge on any atom is -0.455 e. The second-order valence-electron chi connectivity index (χ2n) is 8.46. The van der Waals surface area contributed by atoms with Crippen molar-refractivity contribution in [3.05, 3.63) is 106 Å². The summed E-state index contributed by atoms with van der Waals surface area (Å²) in [5, 5.41) is 3.94. The van der Waals surface area contributed by atoms with Crippen molar-refractivity contribution in [2.75, 3.05) is 5.32 Å². The van der Waals surface area contributed by atoms with Gasteiger partial charge in [0.25, 0.3) is 0 Å². The van der Waals surface area contributed by atoms with Crippen LogP contribution in [0.5, 0.6) is 0 Å². The van der Waals surface area contributed by atoms with Crippen molar-refractivity contribution in [3.8, 4) is 22.7 Å². The van der Waals surface area contributed by atoms with Crippen molar-refractivity contribution < 1.29 is 8.81 Å². The zero-order chi connectivity index (χ0) is 24.5. The standard InChI is InChI=1S/C28H23FN4O2/c1-16-13-20(18(3)33-23-9-6-12-32-25(23)24-22(29)8-5-11-31-24)28-21(14-16)26(34)17(2)27(35-28)19-7-4-10-30-15-19/h4-15,18,33H,1-3H3/t18-/m1/s1. The summed E-state index contributed by atoms with van der Waals surface area (Å²) in [6.45, 7) is 5.67. The molecule has 174 valence electrons. The van der Waals surface area contributed by atoms with Gasteiger partial charge in [0.15, 0.2) is 11.2 Å². The zero-order valence-electron chi connectivity index (χ0n) is 19.5. The van der Waals surface area contributed by atoms with E-state index in [1.807, 2.05) is 38.1 Å². The van der Waals surface area contributed by atoms with Gasteiger partial charge in [0, 0.05) is 41.5 Å². The van der Waals surface area contributed by atoms with Crippen LogP contribution >= 0.6 is 0 Å². The van der Waals surface area contributed by atoms with Gasteiger partial charge in [-0.05, 0) is 68.8 Å². The van der Waals surface area contributed by atoms with Crippen LogP contribution in [0.2, 0.25) is 0 Å². The van der Waals surface area contributed by atoms with E-state index in [2.05, 4.69) is 20.3 Å². The molecular weight excluding hydrogens is 443 g/mol. The first-order valence-corrected chi connectivity index (χ1v) is 11.2. The average molecular weight is 467 g/mol. The molecule has 5 aromatic rings. The van der Waals surface area contributed by atoms with Gasteiger partial charge in [-0.25, -0.2) is 4.39 Å². The van der Waals surface area contributed by atoms with E-state index < -0.39 is 5.82 Å². The fourth-order valence-corrected chi connectivity index (χ4v) is 4.24. The smallest absolute Gasteiger partial charge is 0.196 e. The van der Waals surface area contributed by atoms with E-state index >= 15 is 0 Å². The Morgan fingerprint density at radius 1 is 0.971 bits per heavy atom. The highest BCUT2D eigenvalue weighted by Crippen LogP contribution is 2.34. The van der Waals surface area contributed by atoms with Crippen molar-refractivity contribution in [2.45, 2.75) is 26.8 Å².